The van der Waals surface area contributed by atoms with E-state index in [1.807, 2.05) is 6.07 Å². The highest BCUT2D eigenvalue weighted by molar-refractivity contribution is 6.04. The van der Waals surface area contributed by atoms with Gasteiger partial charge in [0.2, 0.25) is 0 Å². The van der Waals surface area contributed by atoms with Crippen LogP contribution in [0.1, 0.15) is 44.4 Å². The zero-order valence-corrected chi connectivity index (χ0v) is 13.4. The zero-order valence-electron chi connectivity index (χ0n) is 13.4. The van der Waals surface area contributed by atoms with E-state index in [1.54, 1.807) is 55.5 Å². The Morgan fingerprint density at radius 2 is 1.50 bits per heavy atom. The van der Waals surface area contributed by atoms with Crippen LogP contribution >= 0.6 is 0 Å². The summed E-state index contributed by atoms with van der Waals surface area (Å²) in [6, 6.07) is 15.2. The van der Waals surface area contributed by atoms with Crippen molar-refractivity contribution in [3.8, 4) is 0 Å². The van der Waals surface area contributed by atoms with Crippen molar-refractivity contribution in [3.63, 3.8) is 0 Å². The van der Waals surface area contributed by atoms with E-state index < -0.39 is 5.97 Å². The molecule has 0 aromatic heterocycles. The maximum Gasteiger partial charge on any atom is 0.338 e. The molecule has 4 nitrogen and oxygen atoms in total. The Kier molecular flexibility index (Phi) is 6.20. The Hall–Kier alpha value is -3.01. The number of allylic oxidation sites excluding steroid dienone is 1. The predicted molar refractivity (Wildman–Crippen MR) is 91.3 cm³/mol. The van der Waals surface area contributed by atoms with Crippen molar-refractivity contribution >= 4 is 17.5 Å². The minimum atomic E-state index is -0.498. The van der Waals surface area contributed by atoms with Gasteiger partial charge in [0.1, 0.15) is 6.61 Å². The van der Waals surface area contributed by atoms with Gasteiger partial charge in [0, 0.05) is 17.5 Å². The van der Waals surface area contributed by atoms with Gasteiger partial charge >= 0.3 is 5.97 Å². The highest BCUT2D eigenvalue weighted by Crippen LogP contribution is 2.08. The SMILES string of the molecule is CCC(=O)c1ccc(C(=O)OC/C=C/C(=O)c2ccccc2)cc1. The molecule has 4 heteroatoms. The molecular weight excluding hydrogens is 304 g/mol. The van der Waals surface area contributed by atoms with E-state index in [0.717, 1.165) is 0 Å². The first kappa shape index (κ1) is 17.3. The van der Waals surface area contributed by atoms with Gasteiger partial charge in [-0.15, -0.1) is 0 Å². The van der Waals surface area contributed by atoms with Gasteiger partial charge in [-0.25, -0.2) is 4.79 Å². The minimum absolute atomic E-state index is 0.00699. The minimum Gasteiger partial charge on any atom is -0.458 e. The number of hydrogen-bond acceptors (Lipinski definition) is 4. The van der Waals surface area contributed by atoms with Crippen LogP contribution in [0.4, 0.5) is 0 Å². The van der Waals surface area contributed by atoms with E-state index in [-0.39, 0.29) is 18.2 Å². The molecule has 122 valence electrons. The fraction of sp³-hybridized carbons (Fsp3) is 0.150. The van der Waals surface area contributed by atoms with Crippen molar-refractivity contribution in [2.75, 3.05) is 6.61 Å². The van der Waals surface area contributed by atoms with Gasteiger partial charge in [-0.05, 0) is 24.3 Å². The van der Waals surface area contributed by atoms with Crippen LogP contribution in [0.2, 0.25) is 0 Å². The quantitative estimate of drug-likeness (QED) is 0.441. The van der Waals surface area contributed by atoms with Gasteiger partial charge in [-0.1, -0.05) is 49.4 Å². The third-order valence-electron chi connectivity index (χ3n) is 3.40. The first-order valence-corrected chi connectivity index (χ1v) is 7.68. The number of carbonyl (C=O) groups is 3. The van der Waals surface area contributed by atoms with Crippen molar-refractivity contribution in [1.82, 2.24) is 0 Å². The van der Waals surface area contributed by atoms with E-state index in [4.69, 9.17) is 4.74 Å². The lowest BCUT2D eigenvalue weighted by Crippen LogP contribution is -2.06. The summed E-state index contributed by atoms with van der Waals surface area (Å²) >= 11 is 0. The number of benzene rings is 2. The molecule has 2 rings (SSSR count). The number of rotatable bonds is 7. The predicted octanol–water partition coefficient (Wildman–Crippen LogP) is 3.88. The Bertz CT molecular complexity index is 743. The molecule has 2 aromatic carbocycles. The molecule has 0 heterocycles. The normalized spacial score (nSPS) is 10.5. The molecule has 0 aliphatic carbocycles. The fourth-order valence-corrected chi connectivity index (χ4v) is 2.06. The molecular formula is C20H18O4. The summed E-state index contributed by atoms with van der Waals surface area (Å²) in [5.41, 5.74) is 1.52. The molecule has 0 spiro atoms. The standard InChI is InChI=1S/C20H18O4/c1-2-18(21)16-10-12-17(13-11-16)20(23)24-14-6-9-19(22)15-7-4-3-5-8-15/h3-13H,2,14H2,1H3/b9-6+. The second-order valence-corrected chi connectivity index (χ2v) is 5.09. The average Bonchev–Trinajstić information content (AvgIpc) is 2.65. The molecule has 0 unspecified atom stereocenters. The molecule has 0 atom stereocenters. The van der Waals surface area contributed by atoms with Crippen LogP contribution in [0, 0.1) is 0 Å². The zero-order chi connectivity index (χ0) is 17.4. The summed E-state index contributed by atoms with van der Waals surface area (Å²) in [5.74, 6) is -0.617. The summed E-state index contributed by atoms with van der Waals surface area (Å²) in [6.07, 6.45) is 3.30. The largest absolute Gasteiger partial charge is 0.458 e. The number of ketones is 2. The summed E-state index contributed by atoms with van der Waals surface area (Å²) in [6.45, 7) is 1.79. The van der Waals surface area contributed by atoms with Crippen molar-refractivity contribution in [2.24, 2.45) is 0 Å². The summed E-state index contributed by atoms with van der Waals surface area (Å²) in [7, 11) is 0. The Labute approximate surface area is 140 Å². The molecule has 0 amide bonds. The maximum atomic E-state index is 11.9. The summed E-state index contributed by atoms with van der Waals surface area (Å²) in [5, 5.41) is 0. The van der Waals surface area contributed by atoms with Crippen LogP contribution in [-0.4, -0.2) is 24.1 Å². The molecule has 0 radical (unpaired) electrons. The van der Waals surface area contributed by atoms with Crippen LogP contribution in [0.5, 0.6) is 0 Å². The van der Waals surface area contributed by atoms with E-state index >= 15 is 0 Å². The monoisotopic (exact) mass is 322 g/mol. The van der Waals surface area contributed by atoms with Crippen LogP contribution < -0.4 is 0 Å². The molecule has 0 aliphatic heterocycles. The number of carbonyl (C=O) groups excluding carboxylic acids is 3. The average molecular weight is 322 g/mol. The second-order valence-electron chi connectivity index (χ2n) is 5.09. The van der Waals surface area contributed by atoms with E-state index in [0.29, 0.717) is 23.1 Å². The maximum absolute atomic E-state index is 11.9. The van der Waals surface area contributed by atoms with Gasteiger partial charge in [-0.2, -0.15) is 0 Å². The second kappa shape index (κ2) is 8.58. The molecule has 0 aliphatic rings. The van der Waals surface area contributed by atoms with Crippen molar-refractivity contribution in [1.29, 1.82) is 0 Å². The first-order valence-electron chi connectivity index (χ1n) is 7.68. The molecule has 0 saturated carbocycles. The molecule has 2 aromatic rings. The Morgan fingerprint density at radius 1 is 0.875 bits per heavy atom. The molecule has 0 fully saturated rings. The van der Waals surface area contributed by atoms with Crippen molar-refractivity contribution < 1.29 is 19.1 Å². The van der Waals surface area contributed by atoms with Gasteiger partial charge in [0.05, 0.1) is 5.56 Å². The summed E-state index contributed by atoms with van der Waals surface area (Å²) < 4.78 is 5.08. The molecule has 24 heavy (non-hydrogen) atoms. The number of esters is 1. The lowest BCUT2D eigenvalue weighted by atomic mass is 10.1. The van der Waals surface area contributed by atoms with E-state index in [2.05, 4.69) is 0 Å². The van der Waals surface area contributed by atoms with Crippen LogP contribution in [-0.2, 0) is 4.74 Å². The number of Topliss-reactive ketones (excluding diaryl/α,β-unsaturated/α-hetero) is 1. The lowest BCUT2D eigenvalue weighted by Gasteiger charge is -2.03. The van der Waals surface area contributed by atoms with Gasteiger partial charge in [-0.3, -0.25) is 9.59 Å². The van der Waals surface area contributed by atoms with Crippen molar-refractivity contribution in [3.05, 3.63) is 83.4 Å². The third kappa shape index (κ3) is 4.74. The summed E-state index contributed by atoms with van der Waals surface area (Å²) in [4.78, 5) is 35.2. The van der Waals surface area contributed by atoms with Gasteiger partial charge in [0.25, 0.3) is 0 Å². The third-order valence-corrected chi connectivity index (χ3v) is 3.40. The Morgan fingerprint density at radius 3 is 2.12 bits per heavy atom. The van der Waals surface area contributed by atoms with Gasteiger partial charge < -0.3 is 4.74 Å². The molecule has 0 saturated heterocycles. The smallest absolute Gasteiger partial charge is 0.338 e. The van der Waals surface area contributed by atoms with Crippen LogP contribution in [0.3, 0.4) is 0 Å². The number of ether oxygens (including phenoxy) is 1. The molecule has 0 bridgehead atoms. The van der Waals surface area contributed by atoms with E-state index in [9.17, 15) is 14.4 Å². The topological polar surface area (TPSA) is 60.4 Å². The fourth-order valence-electron chi connectivity index (χ4n) is 2.06. The van der Waals surface area contributed by atoms with Gasteiger partial charge in [0.15, 0.2) is 11.6 Å². The number of hydrogen-bond donors (Lipinski definition) is 0. The Balaban J connectivity index is 1.86. The van der Waals surface area contributed by atoms with Crippen LogP contribution in [0.15, 0.2) is 66.7 Å². The highest BCUT2D eigenvalue weighted by Gasteiger charge is 2.08. The van der Waals surface area contributed by atoms with E-state index in [1.165, 1.54) is 12.2 Å². The first-order chi connectivity index (χ1) is 11.6. The van der Waals surface area contributed by atoms with Crippen LogP contribution in [0.25, 0.3) is 0 Å². The molecule has 0 N–H and O–H groups in total. The lowest BCUT2D eigenvalue weighted by molar-refractivity contribution is 0.0548. The highest BCUT2D eigenvalue weighted by atomic mass is 16.5. The van der Waals surface area contributed by atoms with Crippen molar-refractivity contribution in [2.45, 2.75) is 13.3 Å².